The fourth-order valence-corrected chi connectivity index (χ4v) is 0.926. The molecule has 0 aromatic carbocycles. The van der Waals surface area contributed by atoms with E-state index in [-0.39, 0.29) is 17.8 Å². The molecule has 0 saturated heterocycles. The highest BCUT2D eigenvalue weighted by Gasteiger charge is 2.03. The Balaban J connectivity index is 2.47. The lowest BCUT2D eigenvalue weighted by molar-refractivity contribution is -0.120. The lowest BCUT2D eigenvalue weighted by Crippen LogP contribution is -2.18. The average molecular weight is 216 g/mol. The zero-order valence-corrected chi connectivity index (χ0v) is 8.41. The molecule has 0 bridgehead atoms. The summed E-state index contributed by atoms with van der Waals surface area (Å²) >= 11 is 5.53. The molecule has 0 saturated carbocycles. The SMILES string of the molecule is CCOCC(=O)Nc1ccnc(Cl)n1. The quantitative estimate of drug-likeness (QED) is 0.765. The predicted octanol–water partition coefficient (Wildman–Crippen LogP) is 1.10. The first-order valence-electron chi connectivity index (χ1n) is 4.08. The van der Waals surface area contributed by atoms with Gasteiger partial charge in [0.2, 0.25) is 5.28 Å². The number of anilines is 1. The highest BCUT2D eigenvalue weighted by molar-refractivity contribution is 6.28. The molecule has 0 aliphatic rings. The second-order valence-electron chi connectivity index (χ2n) is 2.40. The monoisotopic (exact) mass is 215 g/mol. The molecule has 76 valence electrons. The van der Waals surface area contributed by atoms with E-state index >= 15 is 0 Å². The van der Waals surface area contributed by atoms with Crippen molar-refractivity contribution in [2.75, 3.05) is 18.5 Å². The second-order valence-corrected chi connectivity index (χ2v) is 2.73. The minimum Gasteiger partial charge on any atom is -0.372 e. The molecule has 6 heteroatoms. The molecule has 0 radical (unpaired) electrons. The van der Waals surface area contributed by atoms with Gasteiger partial charge in [-0.1, -0.05) is 0 Å². The first kappa shape index (κ1) is 10.9. The molecule has 0 spiro atoms. The first-order valence-corrected chi connectivity index (χ1v) is 4.46. The Bertz CT molecular complexity index is 319. The summed E-state index contributed by atoms with van der Waals surface area (Å²) in [4.78, 5) is 18.6. The highest BCUT2D eigenvalue weighted by Crippen LogP contribution is 2.05. The lowest BCUT2D eigenvalue weighted by Gasteiger charge is -2.03. The summed E-state index contributed by atoms with van der Waals surface area (Å²) in [5.74, 6) is 0.108. The summed E-state index contributed by atoms with van der Waals surface area (Å²) in [6.07, 6.45) is 1.46. The first-order chi connectivity index (χ1) is 6.72. The molecule has 5 nitrogen and oxygen atoms in total. The molecule has 1 aromatic heterocycles. The van der Waals surface area contributed by atoms with Crippen molar-refractivity contribution < 1.29 is 9.53 Å². The number of nitrogens with zero attached hydrogens (tertiary/aromatic N) is 2. The molecule has 1 amide bonds. The number of aromatic nitrogens is 2. The van der Waals surface area contributed by atoms with E-state index < -0.39 is 0 Å². The summed E-state index contributed by atoms with van der Waals surface area (Å²) in [7, 11) is 0. The maximum atomic E-state index is 11.1. The van der Waals surface area contributed by atoms with Crippen LogP contribution in [-0.4, -0.2) is 29.1 Å². The van der Waals surface area contributed by atoms with Crippen molar-refractivity contribution in [2.24, 2.45) is 0 Å². The van der Waals surface area contributed by atoms with Gasteiger partial charge in [-0.2, -0.15) is 0 Å². The van der Waals surface area contributed by atoms with Gasteiger partial charge in [0.05, 0.1) is 0 Å². The molecule has 1 heterocycles. The van der Waals surface area contributed by atoms with E-state index in [4.69, 9.17) is 16.3 Å². The summed E-state index contributed by atoms with van der Waals surface area (Å²) < 4.78 is 4.91. The Morgan fingerprint density at radius 1 is 1.71 bits per heavy atom. The minimum absolute atomic E-state index is 0.0120. The lowest BCUT2D eigenvalue weighted by atomic mass is 10.5. The molecule has 0 atom stereocenters. The largest absolute Gasteiger partial charge is 0.372 e. The summed E-state index contributed by atoms with van der Waals surface area (Å²) in [5.41, 5.74) is 0. The van der Waals surface area contributed by atoms with Gasteiger partial charge in [-0.3, -0.25) is 4.79 Å². The smallest absolute Gasteiger partial charge is 0.251 e. The van der Waals surface area contributed by atoms with Gasteiger partial charge < -0.3 is 10.1 Å². The predicted molar refractivity (Wildman–Crippen MR) is 52.2 cm³/mol. The molecule has 14 heavy (non-hydrogen) atoms. The molecule has 0 unspecified atom stereocenters. The molecule has 0 aliphatic heterocycles. The molecule has 0 fully saturated rings. The van der Waals surface area contributed by atoms with Gasteiger partial charge in [-0.25, -0.2) is 9.97 Å². The minimum atomic E-state index is -0.262. The van der Waals surface area contributed by atoms with Crippen LogP contribution in [0.25, 0.3) is 0 Å². The number of halogens is 1. The van der Waals surface area contributed by atoms with Crippen molar-refractivity contribution in [2.45, 2.75) is 6.92 Å². The van der Waals surface area contributed by atoms with E-state index in [9.17, 15) is 4.79 Å². The van der Waals surface area contributed by atoms with E-state index in [1.807, 2.05) is 6.92 Å². The zero-order chi connectivity index (χ0) is 10.4. The Kier molecular flexibility index (Phi) is 4.28. The van der Waals surface area contributed by atoms with Gasteiger partial charge in [-0.15, -0.1) is 0 Å². The Labute approximate surface area is 86.5 Å². The Morgan fingerprint density at radius 3 is 3.14 bits per heavy atom. The van der Waals surface area contributed by atoms with Gasteiger partial charge >= 0.3 is 0 Å². The molecule has 1 aromatic rings. The number of nitrogens with one attached hydrogen (secondary N) is 1. The van der Waals surface area contributed by atoms with Crippen molar-refractivity contribution in [3.05, 3.63) is 17.5 Å². The van der Waals surface area contributed by atoms with E-state index in [1.54, 1.807) is 6.07 Å². The van der Waals surface area contributed by atoms with E-state index in [1.165, 1.54) is 6.20 Å². The van der Waals surface area contributed by atoms with Crippen LogP contribution in [0.4, 0.5) is 5.82 Å². The highest BCUT2D eigenvalue weighted by atomic mass is 35.5. The Hall–Kier alpha value is -1.20. The number of hydrogen-bond acceptors (Lipinski definition) is 4. The summed E-state index contributed by atoms with van der Waals surface area (Å²) in [5, 5.41) is 2.61. The molecular weight excluding hydrogens is 206 g/mol. The van der Waals surface area contributed by atoms with Gasteiger partial charge in [0.15, 0.2) is 0 Å². The maximum absolute atomic E-state index is 11.1. The number of rotatable bonds is 4. The van der Waals surface area contributed by atoms with Crippen LogP contribution in [0.3, 0.4) is 0 Å². The van der Waals surface area contributed by atoms with Gasteiger partial charge in [0.25, 0.3) is 5.91 Å². The number of carbonyl (C=O) groups is 1. The van der Waals surface area contributed by atoms with Gasteiger partial charge in [0.1, 0.15) is 12.4 Å². The standard InChI is InChI=1S/C8H10ClN3O2/c1-2-14-5-7(13)11-6-3-4-10-8(9)12-6/h3-4H,2,5H2,1H3,(H,10,11,12,13). The molecule has 1 rings (SSSR count). The fourth-order valence-electron chi connectivity index (χ4n) is 0.778. The number of hydrogen-bond donors (Lipinski definition) is 1. The van der Waals surface area contributed by atoms with Crippen LogP contribution in [0.15, 0.2) is 12.3 Å². The Morgan fingerprint density at radius 2 is 2.50 bits per heavy atom. The molecular formula is C8H10ClN3O2. The van der Waals surface area contributed by atoms with Crippen molar-refractivity contribution in [1.29, 1.82) is 0 Å². The van der Waals surface area contributed by atoms with Crippen molar-refractivity contribution in [3.8, 4) is 0 Å². The van der Waals surface area contributed by atoms with Crippen LogP contribution in [0.5, 0.6) is 0 Å². The number of amides is 1. The normalized spacial score (nSPS) is 9.86. The molecule has 1 N–H and O–H groups in total. The number of carbonyl (C=O) groups excluding carboxylic acids is 1. The van der Waals surface area contributed by atoms with Crippen LogP contribution in [-0.2, 0) is 9.53 Å². The van der Waals surface area contributed by atoms with Crippen molar-refractivity contribution in [1.82, 2.24) is 9.97 Å². The maximum Gasteiger partial charge on any atom is 0.251 e. The van der Waals surface area contributed by atoms with E-state index in [2.05, 4.69) is 15.3 Å². The van der Waals surface area contributed by atoms with Crippen molar-refractivity contribution in [3.63, 3.8) is 0 Å². The van der Waals surface area contributed by atoms with E-state index in [0.717, 1.165) is 0 Å². The van der Waals surface area contributed by atoms with Crippen LogP contribution in [0.2, 0.25) is 5.28 Å². The average Bonchev–Trinajstić information content (AvgIpc) is 2.15. The molecule has 0 aliphatic carbocycles. The third kappa shape index (κ3) is 3.68. The summed E-state index contributed by atoms with van der Waals surface area (Å²) in [6.45, 7) is 2.32. The van der Waals surface area contributed by atoms with E-state index in [0.29, 0.717) is 12.4 Å². The van der Waals surface area contributed by atoms with Crippen LogP contribution in [0.1, 0.15) is 6.92 Å². The fraction of sp³-hybridized carbons (Fsp3) is 0.375. The van der Waals surface area contributed by atoms with Crippen LogP contribution in [0, 0.1) is 0 Å². The van der Waals surface area contributed by atoms with Crippen LogP contribution < -0.4 is 5.32 Å². The third-order valence-corrected chi connectivity index (χ3v) is 1.51. The third-order valence-electron chi connectivity index (χ3n) is 1.33. The zero-order valence-electron chi connectivity index (χ0n) is 7.66. The van der Waals surface area contributed by atoms with Crippen molar-refractivity contribution >= 4 is 23.3 Å². The topological polar surface area (TPSA) is 64.1 Å². The van der Waals surface area contributed by atoms with Gasteiger partial charge in [0, 0.05) is 12.8 Å². The number of ether oxygens (including phenoxy) is 1. The van der Waals surface area contributed by atoms with Crippen LogP contribution >= 0.6 is 11.6 Å². The summed E-state index contributed by atoms with van der Waals surface area (Å²) in [6, 6.07) is 1.55. The second kappa shape index (κ2) is 5.51. The van der Waals surface area contributed by atoms with Gasteiger partial charge in [-0.05, 0) is 24.6 Å².